The number of fused-ring (bicyclic) bond motifs is 4. The molecule has 3 aliphatic rings. The number of aliphatic hydroxyl groups excluding tert-OH is 1. The van der Waals surface area contributed by atoms with Gasteiger partial charge in [0.1, 0.15) is 34.7 Å². The van der Waals surface area contributed by atoms with Crippen LogP contribution in [0.4, 0.5) is 0 Å². The van der Waals surface area contributed by atoms with E-state index in [4.69, 9.17) is 27.9 Å². The smallest absolute Gasteiger partial charge is 0.131 e. The molecule has 8 heteroatoms. The number of piperidine rings is 3. The van der Waals surface area contributed by atoms with E-state index in [1.165, 1.54) is 0 Å². The fraction of sp³-hybridized carbons (Fsp3) is 0.385. The number of rotatable bonds is 6. The summed E-state index contributed by atoms with van der Waals surface area (Å²) in [5.74, 6) is 1.73. The summed E-state index contributed by atoms with van der Waals surface area (Å²) in [7, 11) is 1.65. The number of quaternary nitrogens is 1. The summed E-state index contributed by atoms with van der Waals surface area (Å²) in [6.07, 6.45) is 5.31. The van der Waals surface area contributed by atoms with Gasteiger partial charge in [0.15, 0.2) is 0 Å². The minimum Gasteiger partial charge on any atom is -1.00 e. The molecule has 0 radical (unpaired) electrons. The Morgan fingerprint density at radius 3 is 2.71 bits per heavy atom. The number of pyridine rings is 2. The fourth-order valence-corrected chi connectivity index (χ4v) is 6.59. The number of hydrogen-bond acceptors (Lipinski definition) is 4. The van der Waals surface area contributed by atoms with Gasteiger partial charge in [-0.1, -0.05) is 29.3 Å². The molecule has 0 amide bonds. The molecule has 3 aliphatic heterocycles. The van der Waals surface area contributed by atoms with Crippen molar-refractivity contribution in [1.29, 1.82) is 0 Å². The van der Waals surface area contributed by atoms with Gasteiger partial charge in [-0.15, -0.1) is 6.58 Å². The fourth-order valence-electron chi connectivity index (χ4n) is 6.09. The lowest BCUT2D eigenvalue weighted by Crippen LogP contribution is -3.00. The van der Waals surface area contributed by atoms with Crippen molar-refractivity contribution in [2.24, 2.45) is 11.8 Å². The highest BCUT2D eigenvalue weighted by atomic mass is 35.5. The molecule has 6 rings (SSSR count). The van der Waals surface area contributed by atoms with E-state index in [0.717, 1.165) is 64.7 Å². The largest absolute Gasteiger partial charge is 1.00 e. The van der Waals surface area contributed by atoms with Crippen LogP contribution in [-0.2, 0) is 6.54 Å². The summed E-state index contributed by atoms with van der Waals surface area (Å²) in [5.41, 5.74) is 2.79. The molecule has 3 aromatic rings. The maximum atomic E-state index is 11.9. The average molecular weight is 521 g/mol. The highest BCUT2D eigenvalue weighted by Gasteiger charge is 2.54. The zero-order valence-corrected chi connectivity index (χ0v) is 21.3. The molecule has 1 N–H and O–H groups in total. The number of benzene rings is 1. The van der Waals surface area contributed by atoms with Crippen LogP contribution in [0.3, 0.4) is 0 Å². The molecule has 1 aromatic carbocycles. The lowest BCUT2D eigenvalue weighted by molar-refractivity contribution is -0.984. The van der Waals surface area contributed by atoms with E-state index in [9.17, 15) is 5.11 Å². The molecule has 2 bridgehead atoms. The molecule has 0 aliphatic carbocycles. The third-order valence-electron chi connectivity index (χ3n) is 7.66. The van der Waals surface area contributed by atoms with Crippen LogP contribution in [0.15, 0.2) is 55.3 Å². The van der Waals surface area contributed by atoms with Crippen LogP contribution in [0, 0.1) is 11.8 Å². The van der Waals surface area contributed by atoms with Gasteiger partial charge in [0, 0.05) is 35.9 Å². The molecule has 0 spiro atoms. The van der Waals surface area contributed by atoms with Crippen LogP contribution in [-0.4, -0.2) is 45.8 Å². The monoisotopic (exact) mass is 519 g/mol. The van der Waals surface area contributed by atoms with Crippen molar-refractivity contribution in [2.45, 2.75) is 31.5 Å². The predicted molar refractivity (Wildman–Crippen MR) is 131 cm³/mol. The average Bonchev–Trinajstić information content (AvgIpc) is 2.82. The second kappa shape index (κ2) is 10.00. The minimum atomic E-state index is -0.635. The Morgan fingerprint density at radius 1 is 1.24 bits per heavy atom. The summed E-state index contributed by atoms with van der Waals surface area (Å²) in [6.45, 7) is 6.80. The molecule has 34 heavy (non-hydrogen) atoms. The Labute approximate surface area is 216 Å². The van der Waals surface area contributed by atoms with Gasteiger partial charge in [-0.05, 0) is 47.9 Å². The normalized spacial score (nSPS) is 26.6. The topological polar surface area (TPSA) is 55.2 Å². The lowest BCUT2D eigenvalue weighted by Gasteiger charge is -2.58. The predicted octanol–water partition coefficient (Wildman–Crippen LogP) is 2.59. The van der Waals surface area contributed by atoms with Crippen molar-refractivity contribution in [3.05, 3.63) is 76.7 Å². The van der Waals surface area contributed by atoms with Gasteiger partial charge in [-0.3, -0.25) is 4.98 Å². The van der Waals surface area contributed by atoms with E-state index in [2.05, 4.69) is 22.6 Å². The Hall–Kier alpha value is -1.89. The summed E-state index contributed by atoms with van der Waals surface area (Å²) in [5, 5.41) is 13.6. The third kappa shape index (κ3) is 4.52. The molecule has 3 unspecified atom stereocenters. The highest BCUT2D eigenvalue weighted by Crippen LogP contribution is 2.48. The Kier molecular flexibility index (Phi) is 7.41. The van der Waals surface area contributed by atoms with Gasteiger partial charge < -0.3 is 26.7 Å². The Morgan fingerprint density at radius 2 is 2.00 bits per heavy atom. The summed E-state index contributed by atoms with van der Waals surface area (Å²) >= 11 is 12.4. The number of methoxy groups -OCH3 is 1. The summed E-state index contributed by atoms with van der Waals surface area (Å²) < 4.78 is 6.22. The first-order valence-electron chi connectivity index (χ1n) is 11.3. The molecule has 2 aromatic heterocycles. The third-order valence-corrected chi connectivity index (χ3v) is 8.05. The van der Waals surface area contributed by atoms with Crippen LogP contribution in [0.2, 0.25) is 10.3 Å². The molecule has 5 nitrogen and oxygen atoms in total. The lowest BCUT2D eigenvalue weighted by atomic mass is 9.71. The minimum absolute atomic E-state index is 0. The zero-order chi connectivity index (χ0) is 23.2. The summed E-state index contributed by atoms with van der Waals surface area (Å²) in [6, 6.07) is 11.6. The quantitative estimate of drug-likeness (QED) is 0.308. The number of nitrogens with zero attached hydrogens (tertiary/aromatic N) is 3. The molecular weight excluding hydrogens is 493 g/mol. The highest BCUT2D eigenvalue weighted by molar-refractivity contribution is 6.32. The Balaban J connectivity index is 0.00000274. The van der Waals surface area contributed by atoms with Crippen LogP contribution in [0.5, 0.6) is 5.75 Å². The number of ether oxygens (including phenoxy) is 1. The first-order chi connectivity index (χ1) is 15.9. The van der Waals surface area contributed by atoms with E-state index in [1.54, 1.807) is 13.3 Å². The van der Waals surface area contributed by atoms with Gasteiger partial charge >= 0.3 is 0 Å². The van der Waals surface area contributed by atoms with E-state index in [0.29, 0.717) is 22.1 Å². The van der Waals surface area contributed by atoms with Gasteiger partial charge in [0.05, 0.1) is 25.7 Å². The molecule has 5 heterocycles. The van der Waals surface area contributed by atoms with E-state index in [-0.39, 0.29) is 18.4 Å². The molecule has 180 valence electrons. The van der Waals surface area contributed by atoms with Crippen molar-refractivity contribution in [3.63, 3.8) is 0 Å². The van der Waals surface area contributed by atoms with E-state index >= 15 is 0 Å². The first-order valence-corrected chi connectivity index (χ1v) is 12.1. The van der Waals surface area contributed by atoms with Crippen LogP contribution < -0.4 is 17.1 Å². The molecular formula is C26H28Cl3N3O2. The standard InChI is InChI=1S/C26H28Cl2N3O2.ClH/c1-3-17-15-31(14-16-10-24(27)30-25(28)11-16)9-7-18(17)12-23(31)26(32)20-6-8-29-22-5-4-19(33-2)13-21(20)22;/h3-6,8,10-11,13,17-18,23,26,32H,1,7,9,12,14-15H2,2H3;1H/q+1;/p-1/t17?,18?,23-,26+,31?;/m0./s1. The van der Waals surface area contributed by atoms with Gasteiger partial charge in [-0.2, -0.15) is 0 Å². The molecule has 5 atom stereocenters. The number of hydrogen-bond donors (Lipinski definition) is 1. The van der Waals surface area contributed by atoms with Crippen molar-refractivity contribution in [1.82, 2.24) is 9.97 Å². The number of aliphatic hydroxyl groups is 1. The number of aromatic nitrogens is 2. The summed E-state index contributed by atoms with van der Waals surface area (Å²) in [4.78, 5) is 8.61. The van der Waals surface area contributed by atoms with E-state index in [1.807, 2.05) is 36.4 Å². The first kappa shape index (κ1) is 25.2. The number of halogens is 3. The van der Waals surface area contributed by atoms with Crippen molar-refractivity contribution in [3.8, 4) is 5.75 Å². The van der Waals surface area contributed by atoms with Crippen LogP contribution in [0.1, 0.15) is 30.1 Å². The van der Waals surface area contributed by atoms with Crippen molar-refractivity contribution < 1.29 is 26.7 Å². The van der Waals surface area contributed by atoms with Gasteiger partial charge in [0.25, 0.3) is 0 Å². The molecule has 3 fully saturated rings. The molecule has 3 saturated heterocycles. The second-order valence-corrected chi connectivity index (χ2v) is 10.2. The van der Waals surface area contributed by atoms with Crippen LogP contribution >= 0.6 is 23.2 Å². The maximum absolute atomic E-state index is 11.9. The van der Waals surface area contributed by atoms with Crippen molar-refractivity contribution >= 4 is 34.1 Å². The molecule has 0 saturated carbocycles. The van der Waals surface area contributed by atoms with Gasteiger partial charge in [0.2, 0.25) is 0 Å². The van der Waals surface area contributed by atoms with Gasteiger partial charge in [-0.25, -0.2) is 4.98 Å². The maximum Gasteiger partial charge on any atom is 0.131 e. The second-order valence-electron chi connectivity index (χ2n) is 9.38. The van der Waals surface area contributed by atoms with E-state index < -0.39 is 6.10 Å². The van der Waals surface area contributed by atoms with Crippen LogP contribution in [0.25, 0.3) is 10.9 Å². The Bertz CT molecular complexity index is 1190. The SMILES string of the molecule is C=CC1C[N+]2(Cc3cc(Cl)nc(Cl)c3)CCC1C[C@H]2[C@H](O)c1ccnc2ccc(OC)cc12.[Cl-]. The zero-order valence-electron chi connectivity index (χ0n) is 19.0. The van der Waals surface area contributed by atoms with Crippen molar-refractivity contribution in [2.75, 3.05) is 20.2 Å².